The number of nitrogens with zero attached hydrogens (tertiary/aromatic N) is 1. The second-order valence-electron chi connectivity index (χ2n) is 4.87. The quantitative estimate of drug-likeness (QED) is 0.673. The highest BCUT2D eigenvalue weighted by molar-refractivity contribution is 5.32. The van der Waals surface area contributed by atoms with Gasteiger partial charge in [-0.1, -0.05) is 29.8 Å². The molecule has 0 amide bonds. The highest BCUT2D eigenvalue weighted by Crippen LogP contribution is 2.34. The lowest BCUT2D eigenvalue weighted by atomic mass is 9.96. The number of hydrazine groups is 1. The number of aromatic nitrogens is 1. The molecule has 1 heterocycles. The van der Waals surface area contributed by atoms with Crippen LogP contribution < -0.4 is 11.3 Å². The van der Waals surface area contributed by atoms with Crippen LogP contribution in [-0.2, 0) is 12.6 Å². The van der Waals surface area contributed by atoms with Gasteiger partial charge >= 0.3 is 6.18 Å². The Morgan fingerprint density at radius 3 is 2.67 bits per heavy atom. The van der Waals surface area contributed by atoms with Gasteiger partial charge in [0.25, 0.3) is 0 Å². The van der Waals surface area contributed by atoms with Gasteiger partial charge in [0, 0.05) is 18.0 Å². The lowest BCUT2D eigenvalue weighted by Gasteiger charge is -2.20. The summed E-state index contributed by atoms with van der Waals surface area (Å²) in [7, 11) is 0. The Labute approximate surface area is 121 Å². The Kier molecular flexibility index (Phi) is 4.59. The van der Waals surface area contributed by atoms with Gasteiger partial charge in [-0.2, -0.15) is 13.2 Å². The molecule has 0 aliphatic heterocycles. The van der Waals surface area contributed by atoms with Crippen LogP contribution in [0.15, 0.2) is 42.7 Å². The summed E-state index contributed by atoms with van der Waals surface area (Å²) in [5, 5.41) is 0. The fourth-order valence-corrected chi connectivity index (χ4v) is 2.28. The van der Waals surface area contributed by atoms with Crippen molar-refractivity contribution in [1.29, 1.82) is 0 Å². The molecule has 0 fully saturated rings. The first kappa shape index (κ1) is 15.5. The van der Waals surface area contributed by atoms with E-state index in [-0.39, 0.29) is 5.56 Å². The zero-order valence-corrected chi connectivity index (χ0v) is 11.5. The highest BCUT2D eigenvalue weighted by atomic mass is 19.4. The molecule has 0 spiro atoms. The zero-order valence-electron chi connectivity index (χ0n) is 11.5. The average Bonchev–Trinajstić information content (AvgIpc) is 2.44. The van der Waals surface area contributed by atoms with Crippen molar-refractivity contribution in [1.82, 2.24) is 10.4 Å². The molecule has 3 N–H and O–H groups in total. The molecule has 21 heavy (non-hydrogen) atoms. The van der Waals surface area contributed by atoms with E-state index in [0.717, 1.165) is 23.4 Å². The number of pyridine rings is 1. The Morgan fingerprint density at radius 2 is 2.05 bits per heavy atom. The topological polar surface area (TPSA) is 50.9 Å². The van der Waals surface area contributed by atoms with Crippen LogP contribution in [0.5, 0.6) is 0 Å². The third-order valence-corrected chi connectivity index (χ3v) is 3.26. The van der Waals surface area contributed by atoms with Gasteiger partial charge in [-0.3, -0.25) is 16.3 Å². The zero-order chi connectivity index (χ0) is 15.5. The summed E-state index contributed by atoms with van der Waals surface area (Å²) >= 11 is 0. The molecule has 2 rings (SSSR count). The fraction of sp³-hybridized carbons (Fsp3) is 0.267. The van der Waals surface area contributed by atoms with Crippen molar-refractivity contribution in [2.75, 3.05) is 0 Å². The Morgan fingerprint density at radius 1 is 1.29 bits per heavy atom. The Balaban J connectivity index is 2.34. The van der Waals surface area contributed by atoms with Gasteiger partial charge in [0.2, 0.25) is 0 Å². The molecule has 1 atom stereocenters. The number of nitrogens with two attached hydrogens (primary N) is 1. The number of halogens is 3. The van der Waals surface area contributed by atoms with E-state index in [0.29, 0.717) is 6.42 Å². The minimum absolute atomic E-state index is 0.0500. The third kappa shape index (κ3) is 3.80. The molecule has 1 aromatic carbocycles. The Bertz CT molecular complexity index is 611. The van der Waals surface area contributed by atoms with E-state index in [1.54, 1.807) is 0 Å². The van der Waals surface area contributed by atoms with Crippen LogP contribution in [0, 0.1) is 6.92 Å². The summed E-state index contributed by atoms with van der Waals surface area (Å²) in [5.74, 6) is 5.46. The second kappa shape index (κ2) is 6.24. The minimum atomic E-state index is -4.43. The van der Waals surface area contributed by atoms with Crippen LogP contribution in [0.1, 0.15) is 28.3 Å². The summed E-state index contributed by atoms with van der Waals surface area (Å²) in [6.45, 7) is 1.93. The monoisotopic (exact) mass is 295 g/mol. The van der Waals surface area contributed by atoms with Crippen molar-refractivity contribution in [3.63, 3.8) is 0 Å². The minimum Gasteiger partial charge on any atom is -0.271 e. The van der Waals surface area contributed by atoms with Crippen molar-refractivity contribution >= 4 is 0 Å². The van der Waals surface area contributed by atoms with Crippen molar-refractivity contribution in [3.05, 3.63) is 65.0 Å². The van der Waals surface area contributed by atoms with Gasteiger partial charge in [-0.15, -0.1) is 0 Å². The number of benzene rings is 1. The van der Waals surface area contributed by atoms with E-state index in [2.05, 4.69) is 10.4 Å². The standard InChI is InChI=1S/C15H16F3N3/c1-10-3-2-4-11(7-10)8-14(21-19)12-9-20-6-5-13(12)15(16,17)18/h2-7,9,14,21H,8,19H2,1H3. The van der Waals surface area contributed by atoms with Crippen LogP contribution >= 0.6 is 0 Å². The molecule has 6 heteroatoms. The van der Waals surface area contributed by atoms with Gasteiger partial charge < -0.3 is 0 Å². The van der Waals surface area contributed by atoms with Crippen LogP contribution in [-0.4, -0.2) is 4.98 Å². The molecular weight excluding hydrogens is 279 g/mol. The molecule has 0 bridgehead atoms. The molecule has 0 radical (unpaired) electrons. The fourth-order valence-electron chi connectivity index (χ4n) is 2.28. The van der Waals surface area contributed by atoms with E-state index in [1.807, 2.05) is 31.2 Å². The molecule has 0 aliphatic carbocycles. The normalized spacial score (nSPS) is 13.2. The number of alkyl halides is 3. The largest absolute Gasteiger partial charge is 0.416 e. The van der Waals surface area contributed by atoms with E-state index >= 15 is 0 Å². The molecule has 0 saturated heterocycles. The van der Waals surface area contributed by atoms with E-state index in [9.17, 15) is 13.2 Å². The number of aryl methyl sites for hydroxylation is 1. The SMILES string of the molecule is Cc1cccc(CC(NN)c2cnccc2C(F)(F)F)c1. The number of rotatable bonds is 4. The molecule has 2 aromatic rings. The summed E-state index contributed by atoms with van der Waals surface area (Å²) in [4.78, 5) is 3.79. The molecule has 112 valence electrons. The first-order valence-corrected chi connectivity index (χ1v) is 6.44. The predicted octanol–water partition coefficient (Wildman–Crippen LogP) is 3.16. The van der Waals surface area contributed by atoms with Crippen LogP contribution in [0.2, 0.25) is 0 Å². The second-order valence-corrected chi connectivity index (χ2v) is 4.87. The first-order chi connectivity index (χ1) is 9.91. The summed E-state index contributed by atoms with van der Waals surface area (Å²) in [5.41, 5.74) is 3.75. The summed E-state index contributed by atoms with van der Waals surface area (Å²) in [6, 6.07) is 7.90. The maximum Gasteiger partial charge on any atom is 0.416 e. The lowest BCUT2D eigenvalue weighted by molar-refractivity contribution is -0.138. The summed E-state index contributed by atoms with van der Waals surface area (Å²) < 4.78 is 39.2. The average molecular weight is 295 g/mol. The third-order valence-electron chi connectivity index (χ3n) is 3.26. The van der Waals surface area contributed by atoms with Crippen molar-refractivity contribution in [2.24, 2.45) is 5.84 Å². The van der Waals surface area contributed by atoms with Gasteiger partial charge in [0.15, 0.2) is 0 Å². The maximum absolute atomic E-state index is 13.1. The lowest BCUT2D eigenvalue weighted by Crippen LogP contribution is -2.31. The number of nitrogens with one attached hydrogen (secondary N) is 1. The van der Waals surface area contributed by atoms with E-state index < -0.39 is 17.8 Å². The van der Waals surface area contributed by atoms with Crippen molar-refractivity contribution in [2.45, 2.75) is 25.6 Å². The van der Waals surface area contributed by atoms with Crippen molar-refractivity contribution < 1.29 is 13.2 Å². The van der Waals surface area contributed by atoms with Crippen LogP contribution in [0.4, 0.5) is 13.2 Å². The van der Waals surface area contributed by atoms with Crippen LogP contribution in [0.3, 0.4) is 0 Å². The predicted molar refractivity (Wildman–Crippen MR) is 74.2 cm³/mol. The number of hydrogen-bond donors (Lipinski definition) is 2. The van der Waals surface area contributed by atoms with Crippen molar-refractivity contribution in [3.8, 4) is 0 Å². The van der Waals surface area contributed by atoms with Gasteiger partial charge in [-0.05, 0) is 25.0 Å². The smallest absolute Gasteiger partial charge is 0.271 e. The van der Waals surface area contributed by atoms with E-state index in [1.165, 1.54) is 6.20 Å². The van der Waals surface area contributed by atoms with E-state index in [4.69, 9.17) is 5.84 Å². The molecule has 3 nitrogen and oxygen atoms in total. The maximum atomic E-state index is 13.1. The molecule has 0 saturated carbocycles. The number of hydrogen-bond acceptors (Lipinski definition) is 3. The first-order valence-electron chi connectivity index (χ1n) is 6.44. The van der Waals surface area contributed by atoms with Crippen LogP contribution in [0.25, 0.3) is 0 Å². The molecule has 0 aliphatic rings. The molecular formula is C15H16F3N3. The van der Waals surface area contributed by atoms with Gasteiger partial charge in [0.05, 0.1) is 11.6 Å². The Hall–Kier alpha value is -1.92. The molecule has 1 aromatic heterocycles. The van der Waals surface area contributed by atoms with Gasteiger partial charge in [-0.25, -0.2) is 0 Å². The highest BCUT2D eigenvalue weighted by Gasteiger charge is 2.35. The molecule has 1 unspecified atom stereocenters. The van der Waals surface area contributed by atoms with Gasteiger partial charge in [0.1, 0.15) is 0 Å². The summed E-state index contributed by atoms with van der Waals surface area (Å²) in [6.07, 6.45) is -1.73.